The van der Waals surface area contributed by atoms with Crippen molar-refractivity contribution in [2.24, 2.45) is 0 Å². The maximum Gasteiger partial charge on any atom is 0.242 e. The average Bonchev–Trinajstić information content (AvgIpc) is 2.67. The van der Waals surface area contributed by atoms with Crippen molar-refractivity contribution >= 4 is 21.6 Å². The highest BCUT2D eigenvalue weighted by Crippen LogP contribution is 2.29. The molecule has 0 heterocycles. The topological polar surface area (TPSA) is 84.9 Å². The zero-order chi connectivity index (χ0) is 20.7. The zero-order valence-corrected chi connectivity index (χ0v) is 17.4. The second-order valence-corrected chi connectivity index (χ2v) is 8.39. The molecule has 28 heavy (non-hydrogen) atoms. The average molecular weight is 407 g/mol. The summed E-state index contributed by atoms with van der Waals surface area (Å²) >= 11 is 0. The highest BCUT2D eigenvalue weighted by atomic mass is 32.2. The Balaban J connectivity index is 2.15. The fourth-order valence-corrected chi connectivity index (χ4v) is 3.55. The van der Waals surface area contributed by atoms with Crippen molar-refractivity contribution in [1.29, 1.82) is 0 Å². The summed E-state index contributed by atoms with van der Waals surface area (Å²) in [7, 11) is 0.748. The summed E-state index contributed by atoms with van der Waals surface area (Å²) in [6.07, 6.45) is 0.720. The molecule has 1 N–H and O–H groups in total. The fourth-order valence-electron chi connectivity index (χ4n) is 2.62. The predicted molar refractivity (Wildman–Crippen MR) is 108 cm³/mol. The summed E-state index contributed by atoms with van der Waals surface area (Å²) < 4.78 is 36.6. The molecule has 0 unspecified atom stereocenters. The van der Waals surface area contributed by atoms with Crippen LogP contribution in [0.4, 0.5) is 5.69 Å². The van der Waals surface area contributed by atoms with Crippen LogP contribution in [0.15, 0.2) is 47.4 Å². The number of hydrogen-bond acceptors (Lipinski definition) is 5. The van der Waals surface area contributed by atoms with Gasteiger partial charge in [0.1, 0.15) is 11.5 Å². The third kappa shape index (κ3) is 5.24. The van der Waals surface area contributed by atoms with Gasteiger partial charge in [-0.3, -0.25) is 4.79 Å². The van der Waals surface area contributed by atoms with Crippen LogP contribution >= 0.6 is 0 Å². The number of methoxy groups -OCH3 is 1. The molecule has 0 saturated heterocycles. The van der Waals surface area contributed by atoms with Crippen LogP contribution in [0, 0.1) is 0 Å². The molecular formula is C20H26N2O5S. The lowest BCUT2D eigenvalue weighted by atomic mass is 10.1. The molecule has 0 bridgehead atoms. The zero-order valence-electron chi connectivity index (χ0n) is 16.6. The molecule has 0 spiro atoms. The van der Waals surface area contributed by atoms with Gasteiger partial charge in [0.15, 0.2) is 0 Å². The number of sulfonamides is 1. The van der Waals surface area contributed by atoms with E-state index in [1.165, 1.54) is 39.4 Å². The van der Waals surface area contributed by atoms with Crippen LogP contribution in [0.1, 0.15) is 18.9 Å². The largest absolute Gasteiger partial charge is 0.495 e. The van der Waals surface area contributed by atoms with Crippen LogP contribution in [0.5, 0.6) is 11.5 Å². The van der Waals surface area contributed by atoms with E-state index in [4.69, 9.17) is 9.47 Å². The van der Waals surface area contributed by atoms with E-state index in [-0.39, 0.29) is 17.2 Å². The van der Waals surface area contributed by atoms with Crippen LogP contribution in [0.3, 0.4) is 0 Å². The first-order valence-electron chi connectivity index (χ1n) is 8.90. The third-order valence-corrected chi connectivity index (χ3v) is 5.93. The molecule has 0 aliphatic heterocycles. The van der Waals surface area contributed by atoms with Crippen molar-refractivity contribution in [2.75, 3.05) is 33.1 Å². The van der Waals surface area contributed by atoms with Crippen LogP contribution < -0.4 is 14.8 Å². The molecule has 152 valence electrons. The van der Waals surface area contributed by atoms with Crippen molar-refractivity contribution in [2.45, 2.75) is 24.7 Å². The number of aryl methyl sites for hydroxylation is 1. The van der Waals surface area contributed by atoms with Gasteiger partial charge in [0.05, 0.1) is 24.3 Å². The van der Waals surface area contributed by atoms with E-state index < -0.39 is 10.0 Å². The van der Waals surface area contributed by atoms with Gasteiger partial charge in [-0.05, 0) is 43.2 Å². The van der Waals surface area contributed by atoms with E-state index in [0.29, 0.717) is 24.5 Å². The van der Waals surface area contributed by atoms with Gasteiger partial charge in [-0.25, -0.2) is 12.7 Å². The summed E-state index contributed by atoms with van der Waals surface area (Å²) in [5.41, 5.74) is 1.25. The lowest BCUT2D eigenvalue weighted by molar-refractivity contribution is -0.116. The normalized spacial score (nSPS) is 11.3. The number of nitrogens with zero attached hydrogens (tertiary/aromatic N) is 1. The molecule has 1 amide bonds. The van der Waals surface area contributed by atoms with Gasteiger partial charge in [-0.1, -0.05) is 18.2 Å². The Morgan fingerprint density at radius 1 is 1.11 bits per heavy atom. The predicted octanol–water partition coefficient (Wildman–Crippen LogP) is 2.92. The second kappa shape index (κ2) is 9.57. The van der Waals surface area contributed by atoms with Crippen LogP contribution in [0.25, 0.3) is 0 Å². The van der Waals surface area contributed by atoms with Crippen molar-refractivity contribution < 1.29 is 22.7 Å². The Morgan fingerprint density at radius 2 is 1.82 bits per heavy atom. The van der Waals surface area contributed by atoms with Crippen LogP contribution in [-0.2, 0) is 21.2 Å². The maximum absolute atomic E-state index is 12.5. The number of rotatable bonds is 9. The molecule has 0 aromatic heterocycles. The molecule has 0 saturated carbocycles. The van der Waals surface area contributed by atoms with E-state index in [9.17, 15) is 13.2 Å². The van der Waals surface area contributed by atoms with Gasteiger partial charge in [0, 0.05) is 20.5 Å². The van der Waals surface area contributed by atoms with Gasteiger partial charge < -0.3 is 14.8 Å². The molecule has 0 radical (unpaired) electrons. The monoisotopic (exact) mass is 406 g/mol. The first-order chi connectivity index (χ1) is 13.3. The van der Waals surface area contributed by atoms with Crippen molar-refractivity contribution in [3.8, 4) is 11.5 Å². The number of hydrogen-bond donors (Lipinski definition) is 1. The number of benzene rings is 2. The van der Waals surface area contributed by atoms with Gasteiger partial charge in [0.2, 0.25) is 15.9 Å². The summed E-state index contributed by atoms with van der Waals surface area (Å²) in [4.78, 5) is 12.5. The van der Waals surface area contributed by atoms with E-state index in [1.807, 2.05) is 31.2 Å². The first-order valence-corrected chi connectivity index (χ1v) is 10.3. The Morgan fingerprint density at radius 3 is 2.46 bits per heavy atom. The minimum atomic E-state index is -3.62. The van der Waals surface area contributed by atoms with E-state index >= 15 is 0 Å². The number of carbonyl (C=O) groups excluding carboxylic acids is 1. The van der Waals surface area contributed by atoms with Crippen molar-refractivity contribution in [1.82, 2.24) is 4.31 Å². The van der Waals surface area contributed by atoms with Gasteiger partial charge in [-0.2, -0.15) is 0 Å². The molecular weight excluding hydrogens is 380 g/mol. The number of amides is 1. The van der Waals surface area contributed by atoms with Gasteiger partial charge >= 0.3 is 0 Å². The lowest BCUT2D eigenvalue weighted by Gasteiger charge is -2.15. The van der Waals surface area contributed by atoms with Crippen molar-refractivity contribution in [3.63, 3.8) is 0 Å². The van der Waals surface area contributed by atoms with Crippen LogP contribution in [0.2, 0.25) is 0 Å². The fraction of sp³-hybridized carbons (Fsp3) is 0.350. The minimum Gasteiger partial charge on any atom is -0.495 e. The smallest absolute Gasteiger partial charge is 0.242 e. The number of nitrogens with one attached hydrogen (secondary N) is 1. The van der Waals surface area contributed by atoms with Crippen LogP contribution in [-0.4, -0.2) is 46.4 Å². The Hall–Kier alpha value is -2.58. The second-order valence-electron chi connectivity index (χ2n) is 6.24. The molecule has 0 aliphatic carbocycles. The molecule has 0 atom stereocenters. The Kier molecular flexibility index (Phi) is 7.42. The molecule has 8 heteroatoms. The standard InChI is InChI=1S/C20H26N2O5S/c1-5-27-18-9-7-6-8-15(18)10-13-20(23)21-17-14-16(11-12-19(17)26-4)28(24,25)22(2)3/h6-9,11-12,14H,5,10,13H2,1-4H3,(H,21,23). The number of ether oxygens (including phenoxy) is 2. The molecule has 7 nitrogen and oxygen atoms in total. The SMILES string of the molecule is CCOc1ccccc1CCC(=O)Nc1cc(S(=O)(=O)N(C)C)ccc1OC. The van der Waals surface area contributed by atoms with Gasteiger partial charge in [-0.15, -0.1) is 0 Å². The summed E-state index contributed by atoms with van der Waals surface area (Å²) in [6, 6.07) is 11.9. The number of anilines is 1. The molecule has 0 fully saturated rings. The summed E-state index contributed by atoms with van der Waals surface area (Å²) in [5, 5.41) is 2.75. The van der Waals surface area contributed by atoms with Gasteiger partial charge in [0.25, 0.3) is 0 Å². The highest BCUT2D eigenvalue weighted by Gasteiger charge is 2.20. The lowest BCUT2D eigenvalue weighted by Crippen LogP contribution is -2.22. The first kappa shape index (κ1) is 21.7. The molecule has 2 aromatic rings. The maximum atomic E-state index is 12.5. The molecule has 2 rings (SSSR count). The summed E-state index contributed by atoms with van der Waals surface area (Å²) in [5.74, 6) is 0.902. The Labute approximate surface area is 166 Å². The van der Waals surface area contributed by atoms with E-state index in [2.05, 4.69) is 5.32 Å². The highest BCUT2D eigenvalue weighted by molar-refractivity contribution is 7.89. The Bertz CT molecular complexity index is 926. The summed E-state index contributed by atoms with van der Waals surface area (Å²) in [6.45, 7) is 2.46. The minimum absolute atomic E-state index is 0.0790. The third-order valence-electron chi connectivity index (χ3n) is 4.12. The number of para-hydroxylation sites is 1. The number of carbonyl (C=O) groups is 1. The van der Waals surface area contributed by atoms with E-state index in [1.54, 1.807) is 0 Å². The molecule has 0 aliphatic rings. The van der Waals surface area contributed by atoms with E-state index in [0.717, 1.165) is 15.6 Å². The quantitative estimate of drug-likeness (QED) is 0.692. The van der Waals surface area contributed by atoms with Crippen molar-refractivity contribution in [3.05, 3.63) is 48.0 Å². The molecule has 2 aromatic carbocycles.